The van der Waals surface area contributed by atoms with Crippen LogP contribution in [0.3, 0.4) is 0 Å². The van der Waals surface area contributed by atoms with Crippen LogP contribution in [-0.4, -0.2) is 79.9 Å². The molecule has 1 aliphatic carbocycles. The van der Waals surface area contributed by atoms with Crippen LogP contribution in [0.5, 0.6) is 0 Å². The van der Waals surface area contributed by atoms with Gasteiger partial charge in [-0.1, -0.05) is 17.7 Å². The van der Waals surface area contributed by atoms with Gasteiger partial charge in [-0.15, -0.1) is 0 Å². The summed E-state index contributed by atoms with van der Waals surface area (Å²) in [6.07, 6.45) is 2.82. The second kappa shape index (κ2) is 9.49. The minimum absolute atomic E-state index is 0.0365. The Hall–Kier alpha value is -1.25. The molecule has 2 heterocycles. The summed E-state index contributed by atoms with van der Waals surface area (Å²) in [5.74, 6) is -0.304. The smallest absolute Gasteiger partial charge is 0.240 e. The highest BCUT2D eigenvalue weighted by molar-refractivity contribution is 6.31. The molecule has 1 N–H and O–H groups in total. The van der Waals surface area contributed by atoms with Gasteiger partial charge < -0.3 is 14.8 Å². The molecule has 2 saturated heterocycles. The molecular weight excluding hydrogens is 409 g/mol. The molecule has 1 amide bonds. The summed E-state index contributed by atoms with van der Waals surface area (Å²) in [6.45, 7) is 7.11. The van der Waals surface area contributed by atoms with Crippen LogP contribution in [0.2, 0.25) is 5.02 Å². The van der Waals surface area contributed by atoms with Gasteiger partial charge in [0.1, 0.15) is 11.4 Å². The summed E-state index contributed by atoms with van der Waals surface area (Å²) in [6, 6.07) is 4.41. The predicted molar refractivity (Wildman–Crippen MR) is 113 cm³/mol. The van der Waals surface area contributed by atoms with Crippen molar-refractivity contribution < 1.29 is 18.7 Å². The summed E-state index contributed by atoms with van der Waals surface area (Å²) >= 11 is 6.41. The standard InChI is InChI=1S/C22H31ClFN3O3/c1-16-15-26(8-13-30-16)19(20-17(23)4-2-5-18(20)24)14-25-21(28)22(6-3-7-22)27-9-11-29-12-10-27/h2,4-5,16,19H,3,6-15H2,1H3,(H,25,28)/t16-,19-/m0/s1. The molecule has 6 nitrogen and oxygen atoms in total. The maximum atomic E-state index is 14.8. The first-order chi connectivity index (χ1) is 14.5. The first-order valence-corrected chi connectivity index (χ1v) is 11.3. The Morgan fingerprint density at radius 3 is 2.70 bits per heavy atom. The molecule has 1 aromatic rings. The van der Waals surface area contributed by atoms with Crippen molar-refractivity contribution in [3.8, 4) is 0 Å². The highest BCUT2D eigenvalue weighted by Gasteiger charge is 2.49. The summed E-state index contributed by atoms with van der Waals surface area (Å²) in [5.41, 5.74) is -0.00587. The minimum atomic E-state index is -0.453. The number of morpholine rings is 2. The monoisotopic (exact) mass is 439 g/mol. The number of nitrogens with zero attached hydrogens (tertiary/aromatic N) is 2. The van der Waals surface area contributed by atoms with E-state index in [-0.39, 0.29) is 23.9 Å². The molecule has 3 fully saturated rings. The Morgan fingerprint density at radius 2 is 2.07 bits per heavy atom. The number of ether oxygens (including phenoxy) is 2. The van der Waals surface area contributed by atoms with Crippen molar-refractivity contribution in [1.82, 2.24) is 15.1 Å². The van der Waals surface area contributed by atoms with Crippen LogP contribution in [0.15, 0.2) is 18.2 Å². The molecule has 0 unspecified atom stereocenters. The lowest BCUT2D eigenvalue weighted by atomic mass is 9.74. The first kappa shape index (κ1) is 22.0. The third-order valence-electron chi connectivity index (χ3n) is 6.72. The third kappa shape index (κ3) is 4.36. The highest BCUT2D eigenvalue weighted by Crippen LogP contribution is 2.39. The van der Waals surface area contributed by atoms with Crippen LogP contribution in [0.4, 0.5) is 4.39 Å². The van der Waals surface area contributed by atoms with E-state index in [1.807, 2.05) is 6.92 Å². The van der Waals surface area contributed by atoms with Gasteiger partial charge in [-0.2, -0.15) is 0 Å². The van der Waals surface area contributed by atoms with E-state index >= 15 is 0 Å². The molecule has 0 spiro atoms. The van der Waals surface area contributed by atoms with E-state index in [0.717, 1.165) is 32.4 Å². The zero-order valence-corrected chi connectivity index (χ0v) is 18.3. The van der Waals surface area contributed by atoms with Gasteiger partial charge in [0.2, 0.25) is 5.91 Å². The Labute approximate surface area is 182 Å². The number of hydrogen-bond acceptors (Lipinski definition) is 5. The summed E-state index contributed by atoms with van der Waals surface area (Å²) in [4.78, 5) is 17.8. The molecule has 0 radical (unpaired) electrons. The maximum Gasteiger partial charge on any atom is 0.240 e. The van der Waals surface area contributed by atoms with E-state index in [4.69, 9.17) is 21.1 Å². The summed E-state index contributed by atoms with van der Waals surface area (Å²) < 4.78 is 25.9. The van der Waals surface area contributed by atoms with Gasteiger partial charge in [-0.3, -0.25) is 14.6 Å². The first-order valence-electron chi connectivity index (χ1n) is 10.9. The van der Waals surface area contributed by atoms with Crippen LogP contribution < -0.4 is 5.32 Å². The zero-order chi connectivity index (χ0) is 21.1. The van der Waals surface area contributed by atoms with E-state index in [1.54, 1.807) is 12.1 Å². The molecular formula is C22H31ClFN3O3. The SMILES string of the molecule is C[C@H]1CN([C@@H](CNC(=O)C2(N3CCOCC3)CCC2)c2c(F)cccc2Cl)CCO1. The van der Waals surface area contributed by atoms with Crippen molar-refractivity contribution in [3.63, 3.8) is 0 Å². The average molecular weight is 440 g/mol. The summed E-state index contributed by atoms with van der Waals surface area (Å²) in [7, 11) is 0. The number of carbonyl (C=O) groups excluding carboxylic acids is 1. The molecule has 3 aliphatic rings. The van der Waals surface area contributed by atoms with Crippen molar-refractivity contribution in [2.45, 2.75) is 43.9 Å². The molecule has 4 rings (SSSR count). The number of rotatable bonds is 6. The lowest BCUT2D eigenvalue weighted by molar-refractivity contribution is -0.145. The summed E-state index contributed by atoms with van der Waals surface area (Å²) in [5, 5.41) is 3.55. The number of halogens is 2. The molecule has 0 aromatic heterocycles. The van der Waals surface area contributed by atoms with Gasteiger partial charge in [0.05, 0.1) is 32.0 Å². The largest absolute Gasteiger partial charge is 0.379 e. The number of carbonyl (C=O) groups is 1. The van der Waals surface area contributed by atoms with E-state index in [0.29, 0.717) is 50.0 Å². The topological polar surface area (TPSA) is 54.0 Å². The fourth-order valence-corrected chi connectivity index (χ4v) is 5.20. The molecule has 2 atom stereocenters. The van der Waals surface area contributed by atoms with Gasteiger partial charge in [-0.05, 0) is 38.3 Å². The lowest BCUT2D eigenvalue weighted by Gasteiger charge is -2.50. The maximum absolute atomic E-state index is 14.8. The number of amides is 1. The molecule has 2 aliphatic heterocycles. The van der Waals surface area contributed by atoms with Crippen molar-refractivity contribution >= 4 is 17.5 Å². The van der Waals surface area contributed by atoms with Crippen LogP contribution in [-0.2, 0) is 14.3 Å². The van der Waals surface area contributed by atoms with E-state index in [9.17, 15) is 9.18 Å². The Bertz CT molecular complexity index is 735. The molecule has 8 heteroatoms. The van der Waals surface area contributed by atoms with Crippen molar-refractivity contribution in [2.24, 2.45) is 0 Å². The van der Waals surface area contributed by atoms with Gasteiger partial charge in [0, 0.05) is 43.3 Å². The van der Waals surface area contributed by atoms with E-state index in [1.165, 1.54) is 6.07 Å². The normalized spacial score (nSPS) is 26.0. The van der Waals surface area contributed by atoms with Crippen molar-refractivity contribution in [1.29, 1.82) is 0 Å². The van der Waals surface area contributed by atoms with Crippen LogP contribution >= 0.6 is 11.6 Å². The Balaban J connectivity index is 1.52. The third-order valence-corrected chi connectivity index (χ3v) is 7.05. The van der Waals surface area contributed by atoms with Crippen LogP contribution in [0, 0.1) is 5.82 Å². The van der Waals surface area contributed by atoms with Gasteiger partial charge in [0.15, 0.2) is 0 Å². The van der Waals surface area contributed by atoms with Crippen LogP contribution in [0.25, 0.3) is 0 Å². The lowest BCUT2D eigenvalue weighted by Crippen LogP contribution is -2.65. The van der Waals surface area contributed by atoms with Crippen molar-refractivity contribution in [2.75, 3.05) is 52.5 Å². The molecule has 1 saturated carbocycles. The minimum Gasteiger partial charge on any atom is -0.379 e. The highest BCUT2D eigenvalue weighted by atomic mass is 35.5. The molecule has 166 valence electrons. The zero-order valence-electron chi connectivity index (χ0n) is 17.5. The van der Waals surface area contributed by atoms with Gasteiger partial charge in [0.25, 0.3) is 0 Å². The number of hydrogen-bond donors (Lipinski definition) is 1. The fourth-order valence-electron chi connectivity index (χ4n) is 4.92. The molecule has 30 heavy (non-hydrogen) atoms. The van der Waals surface area contributed by atoms with Gasteiger partial charge in [-0.25, -0.2) is 4.39 Å². The van der Waals surface area contributed by atoms with Crippen molar-refractivity contribution in [3.05, 3.63) is 34.6 Å². The Kier molecular flexibility index (Phi) is 6.95. The van der Waals surface area contributed by atoms with E-state index in [2.05, 4.69) is 15.1 Å². The quantitative estimate of drug-likeness (QED) is 0.738. The average Bonchev–Trinajstić information content (AvgIpc) is 2.70. The second-order valence-electron chi connectivity index (χ2n) is 8.52. The number of nitrogens with one attached hydrogen (secondary N) is 1. The number of benzene rings is 1. The van der Waals surface area contributed by atoms with Crippen LogP contribution in [0.1, 0.15) is 37.8 Å². The molecule has 1 aromatic carbocycles. The fraction of sp³-hybridized carbons (Fsp3) is 0.682. The van der Waals surface area contributed by atoms with Gasteiger partial charge >= 0.3 is 0 Å². The predicted octanol–water partition coefficient (Wildman–Crippen LogP) is 2.61. The second-order valence-corrected chi connectivity index (χ2v) is 8.93. The molecule has 0 bridgehead atoms. The van der Waals surface area contributed by atoms with E-state index < -0.39 is 5.54 Å². The Morgan fingerprint density at radius 1 is 1.30 bits per heavy atom.